The number of hydrogen-bond donors (Lipinski definition) is 1. The number of ether oxygens (including phenoxy) is 4. The average Bonchev–Trinajstić information content (AvgIpc) is 2.91. The Kier molecular flexibility index (Phi) is 20.6. The number of rotatable bonds is 25. The van der Waals surface area contributed by atoms with Crippen LogP contribution in [0.25, 0.3) is 0 Å². The Hall–Kier alpha value is -0.660. The predicted octanol–water partition coefficient (Wildman–Crippen LogP) is 6.32. The van der Waals surface area contributed by atoms with Crippen LogP contribution in [0.2, 0.25) is 0 Å². The average molecular weight is 654 g/mol. The third kappa shape index (κ3) is 20.3. The lowest BCUT2D eigenvalue weighted by molar-refractivity contribution is -0.121. The topological polar surface area (TPSA) is 111 Å². The van der Waals surface area contributed by atoms with Crippen LogP contribution in [0.15, 0.2) is 29.2 Å². The van der Waals surface area contributed by atoms with Crippen LogP contribution in [-0.2, 0) is 48.3 Å². The fraction of sp³-hybridized carbons (Fsp3) is 0.759. The molecule has 1 N–H and O–H groups in total. The van der Waals surface area contributed by atoms with Crippen LogP contribution in [0.5, 0.6) is 0 Å². The van der Waals surface area contributed by atoms with E-state index in [2.05, 4.69) is 25.2 Å². The fourth-order valence-corrected chi connectivity index (χ4v) is 7.37. The summed E-state index contributed by atoms with van der Waals surface area (Å²) in [5.74, 6) is 0.00971. The minimum absolute atomic E-state index is 0.00971. The highest BCUT2D eigenvalue weighted by Crippen LogP contribution is 2.52. The summed E-state index contributed by atoms with van der Waals surface area (Å²) in [6, 6.07) is 8.07. The molecule has 1 amide bonds. The van der Waals surface area contributed by atoms with Crippen molar-refractivity contribution in [2.75, 3.05) is 73.1 Å². The Morgan fingerprint density at radius 3 is 2.12 bits per heavy atom. The van der Waals surface area contributed by atoms with Gasteiger partial charge in [-0.05, 0) is 66.0 Å². The molecule has 42 heavy (non-hydrogen) atoms. The van der Waals surface area contributed by atoms with Crippen LogP contribution < -0.4 is 5.32 Å². The van der Waals surface area contributed by atoms with Crippen molar-refractivity contribution in [2.24, 2.45) is 0 Å². The first-order valence-electron chi connectivity index (χ1n) is 14.4. The molecule has 0 heterocycles. The number of benzene rings is 1. The predicted molar refractivity (Wildman–Crippen MR) is 170 cm³/mol. The van der Waals surface area contributed by atoms with Gasteiger partial charge in [0.2, 0.25) is 5.91 Å². The van der Waals surface area contributed by atoms with Crippen molar-refractivity contribution in [3.63, 3.8) is 0 Å². The van der Waals surface area contributed by atoms with Crippen LogP contribution >= 0.6 is 29.4 Å². The zero-order valence-electron chi connectivity index (χ0n) is 26.4. The first-order chi connectivity index (χ1) is 19.9. The molecule has 0 saturated heterocycles. The van der Waals surface area contributed by atoms with Gasteiger partial charge in [0.1, 0.15) is 0 Å². The summed E-state index contributed by atoms with van der Waals surface area (Å²) < 4.78 is 50.5. The summed E-state index contributed by atoms with van der Waals surface area (Å²) in [6.45, 7) is 16.0. The normalized spacial score (nSPS) is 13.7. The first kappa shape index (κ1) is 39.4. The van der Waals surface area contributed by atoms with Crippen molar-refractivity contribution < 1.29 is 41.9 Å². The quantitative estimate of drug-likeness (QED) is 0.0728. The smallest absolute Gasteiger partial charge is 0.382 e. The van der Waals surface area contributed by atoms with Crippen LogP contribution in [0.3, 0.4) is 0 Å². The number of amides is 1. The van der Waals surface area contributed by atoms with Crippen LogP contribution in [0.1, 0.15) is 59.9 Å². The number of hydrogen-bond acceptors (Lipinski definition) is 11. The van der Waals surface area contributed by atoms with E-state index in [-0.39, 0.29) is 23.9 Å². The summed E-state index contributed by atoms with van der Waals surface area (Å²) in [4.78, 5) is 13.4. The van der Waals surface area contributed by atoms with Gasteiger partial charge in [0, 0.05) is 29.7 Å². The second-order valence-corrected chi connectivity index (χ2v) is 15.3. The summed E-state index contributed by atoms with van der Waals surface area (Å²) in [7, 11) is 1.39. The highest BCUT2D eigenvalue weighted by molar-refractivity contribution is 8.77. The third-order valence-corrected chi connectivity index (χ3v) is 10.6. The van der Waals surface area contributed by atoms with E-state index in [1.54, 1.807) is 35.6 Å². The molecule has 0 aliphatic carbocycles. The van der Waals surface area contributed by atoms with Crippen molar-refractivity contribution in [1.82, 2.24) is 5.32 Å². The van der Waals surface area contributed by atoms with E-state index in [4.69, 9.17) is 32.5 Å². The Labute approximate surface area is 261 Å². The minimum atomic E-state index is -3.65. The minimum Gasteiger partial charge on any atom is -0.382 e. The van der Waals surface area contributed by atoms with Gasteiger partial charge in [-0.1, -0.05) is 39.8 Å². The van der Waals surface area contributed by atoms with E-state index >= 15 is 0 Å². The second kappa shape index (κ2) is 21.9. The maximum Gasteiger partial charge on any atom is 0.475 e. The molecule has 0 aliphatic heterocycles. The number of nitrogens with one attached hydrogen (secondary N) is 1. The van der Waals surface area contributed by atoms with Crippen LogP contribution in [-0.4, -0.2) is 89.4 Å². The van der Waals surface area contributed by atoms with E-state index < -0.39 is 13.4 Å². The van der Waals surface area contributed by atoms with Crippen molar-refractivity contribution in [2.45, 2.75) is 76.0 Å². The lowest BCUT2D eigenvalue weighted by Gasteiger charge is -2.26. The van der Waals surface area contributed by atoms with Gasteiger partial charge in [-0.25, -0.2) is 4.57 Å². The second-order valence-electron chi connectivity index (χ2n) is 10.9. The molecule has 1 rings (SSSR count). The van der Waals surface area contributed by atoms with Gasteiger partial charge in [0.05, 0.1) is 65.1 Å². The Morgan fingerprint density at radius 1 is 0.881 bits per heavy atom. The molecule has 1 atom stereocenters. The Bertz CT molecular complexity index is 915. The molecule has 0 bridgehead atoms. The van der Waals surface area contributed by atoms with Gasteiger partial charge in [0.15, 0.2) is 0 Å². The van der Waals surface area contributed by atoms with Crippen LogP contribution in [0, 0.1) is 0 Å². The molecule has 1 aromatic rings. The molecule has 244 valence electrons. The van der Waals surface area contributed by atoms with E-state index in [0.29, 0.717) is 65.6 Å². The zero-order valence-corrected chi connectivity index (χ0v) is 29.0. The molecule has 13 heteroatoms. The zero-order chi connectivity index (χ0) is 31.3. The third-order valence-electron chi connectivity index (χ3n) is 5.32. The number of phosphoric acid groups is 1. The number of carbonyl (C=O) groups is 1. The van der Waals surface area contributed by atoms with E-state index in [9.17, 15) is 9.36 Å². The van der Waals surface area contributed by atoms with Gasteiger partial charge >= 0.3 is 7.82 Å². The van der Waals surface area contributed by atoms with Gasteiger partial charge in [-0.2, -0.15) is 0 Å². The molecule has 0 fully saturated rings. The molecule has 0 saturated carbocycles. The molecule has 10 nitrogen and oxygen atoms in total. The molecule has 1 aromatic carbocycles. The molecule has 0 aliphatic rings. The SMILES string of the molecule is CCOP(=O)(OCCc1ccccc1SSC(C)(C)CCC(=O)NCCOCCOCCOCCOC)OC(C)(C)C. The summed E-state index contributed by atoms with van der Waals surface area (Å²) in [5.41, 5.74) is 0.435. The highest BCUT2D eigenvalue weighted by Gasteiger charge is 2.32. The van der Waals surface area contributed by atoms with Gasteiger partial charge in [-0.15, -0.1) is 0 Å². The van der Waals surface area contributed by atoms with Crippen LogP contribution in [0.4, 0.5) is 0 Å². The molecule has 0 aromatic heterocycles. The maximum atomic E-state index is 12.9. The summed E-state index contributed by atoms with van der Waals surface area (Å²) in [5, 5.41) is 2.92. The van der Waals surface area contributed by atoms with Crippen molar-refractivity contribution >= 4 is 35.3 Å². The number of phosphoric ester groups is 1. The molecule has 0 radical (unpaired) electrons. The van der Waals surface area contributed by atoms with Crippen molar-refractivity contribution in [1.29, 1.82) is 0 Å². The lowest BCUT2D eigenvalue weighted by Crippen LogP contribution is -2.29. The number of carbonyl (C=O) groups excluding carboxylic acids is 1. The number of methoxy groups -OCH3 is 1. The molecule has 0 spiro atoms. The maximum absolute atomic E-state index is 12.9. The van der Waals surface area contributed by atoms with Crippen molar-refractivity contribution in [3.05, 3.63) is 29.8 Å². The largest absolute Gasteiger partial charge is 0.475 e. The first-order valence-corrected chi connectivity index (χ1v) is 18.0. The van der Waals surface area contributed by atoms with Gasteiger partial charge in [0.25, 0.3) is 0 Å². The standard InChI is InChI=1S/C29H52NO9PS2/c1-8-37-40(32,39-28(2,3)4)38-17-14-25-11-9-10-12-26(25)41-42-29(5,6)15-13-27(31)30-16-18-34-21-22-36-24-23-35-20-19-33-7/h9-12H,8,13-24H2,1-7H3,(H,30,31). The molecular weight excluding hydrogens is 601 g/mol. The molecule has 1 unspecified atom stereocenters. The Morgan fingerprint density at radius 2 is 1.50 bits per heavy atom. The Balaban J connectivity index is 2.31. The molecular formula is C29H52NO9PS2. The monoisotopic (exact) mass is 653 g/mol. The van der Waals surface area contributed by atoms with E-state index in [0.717, 1.165) is 16.9 Å². The summed E-state index contributed by atoms with van der Waals surface area (Å²) in [6.07, 6.45) is 1.72. The van der Waals surface area contributed by atoms with Gasteiger partial charge in [-0.3, -0.25) is 18.4 Å². The van der Waals surface area contributed by atoms with E-state index in [1.807, 2.05) is 39.0 Å². The van der Waals surface area contributed by atoms with Crippen molar-refractivity contribution in [3.8, 4) is 0 Å². The van der Waals surface area contributed by atoms with E-state index in [1.165, 1.54) is 0 Å². The summed E-state index contributed by atoms with van der Waals surface area (Å²) >= 11 is 0. The fourth-order valence-electron chi connectivity index (χ4n) is 3.29. The van der Waals surface area contributed by atoms with Gasteiger partial charge < -0.3 is 24.3 Å². The lowest BCUT2D eigenvalue weighted by atomic mass is 10.1. The highest BCUT2D eigenvalue weighted by atomic mass is 33.1.